The molecule has 0 bridgehead atoms. The summed E-state index contributed by atoms with van der Waals surface area (Å²) >= 11 is 0. The molecule has 558 valence electrons. The van der Waals surface area contributed by atoms with Crippen LogP contribution in [0, 0.1) is 5.92 Å². The molecule has 2 unspecified atom stereocenters. The number of unbranched alkanes of at least 4 members (excludes halogenated alkanes) is 47. The topological polar surface area (TPSA) is 237 Å². The van der Waals surface area contributed by atoms with Crippen molar-refractivity contribution >= 4 is 39.5 Å². The molecule has 0 spiro atoms. The maximum atomic E-state index is 13.1. The van der Waals surface area contributed by atoms with Gasteiger partial charge in [0.1, 0.15) is 19.3 Å². The number of hydrogen-bond donors (Lipinski definition) is 3. The average Bonchev–Trinajstić information content (AvgIpc) is 2.73. The van der Waals surface area contributed by atoms with Gasteiger partial charge in [0, 0.05) is 25.7 Å². The fourth-order valence-electron chi connectivity index (χ4n) is 11.5. The summed E-state index contributed by atoms with van der Waals surface area (Å²) < 4.78 is 68.5. The van der Waals surface area contributed by atoms with E-state index in [0.29, 0.717) is 31.6 Å². The third-order valence-electron chi connectivity index (χ3n) is 17.5. The van der Waals surface area contributed by atoms with Gasteiger partial charge >= 0.3 is 39.5 Å². The van der Waals surface area contributed by atoms with E-state index in [9.17, 15) is 43.2 Å². The lowest BCUT2D eigenvalue weighted by Crippen LogP contribution is -2.30. The van der Waals surface area contributed by atoms with Gasteiger partial charge < -0.3 is 33.8 Å². The van der Waals surface area contributed by atoms with E-state index in [-0.39, 0.29) is 25.7 Å². The third kappa shape index (κ3) is 68.6. The van der Waals surface area contributed by atoms with E-state index in [1.165, 1.54) is 212 Å². The van der Waals surface area contributed by atoms with Gasteiger partial charge in [-0.05, 0) is 31.6 Å². The van der Waals surface area contributed by atoms with E-state index in [0.717, 1.165) is 96.3 Å². The Balaban J connectivity index is 5.23. The quantitative estimate of drug-likeness (QED) is 0.0222. The highest BCUT2D eigenvalue weighted by Gasteiger charge is 2.30. The van der Waals surface area contributed by atoms with Crippen molar-refractivity contribution in [3.8, 4) is 0 Å². The number of aliphatic hydroxyl groups excluding tert-OH is 1. The molecule has 17 nitrogen and oxygen atoms in total. The number of hydrogen-bond acceptors (Lipinski definition) is 15. The maximum Gasteiger partial charge on any atom is 0.472 e. The van der Waals surface area contributed by atoms with E-state index >= 15 is 0 Å². The summed E-state index contributed by atoms with van der Waals surface area (Å²) in [5.74, 6) is -1.43. The minimum Gasteiger partial charge on any atom is -0.462 e. The molecule has 0 aromatic carbocycles. The highest BCUT2D eigenvalue weighted by atomic mass is 31.2. The molecule has 0 aliphatic heterocycles. The first kappa shape index (κ1) is 92.1. The molecule has 5 atom stereocenters. The Bertz CT molecular complexity index is 1810. The molecule has 0 aliphatic carbocycles. The molecule has 0 rings (SSSR count). The highest BCUT2D eigenvalue weighted by Crippen LogP contribution is 2.45. The van der Waals surface area contributed by atoms with E-state index in [2.05, 4.69) is 34.6 Å². The zero-order chi connectivity index (χ0) is 69.1. The maximum absolute atomic E-state index is 13.1. The molecule has 3 N–H and O–H groups in total. The second kappa shape index (κ2) is 68.2. The highest BCUT2D eigenvalue weighted by molar-refractivity contribution is 7.47. The van der Waals surface area contributed by atoms with Crippen molar-refractivity contribution in [1.29, 1.82) is 0 Å². The fraction of sp³-hybridized carbons (Fsp3) is 0.947. The van der Waals surface area contributed by atoms with Crippen LogP contribution in [0.25, 0.3) is 0 Å². The van der Waals surface area contributed by atoms with Crippen LogP contribution in [0.3, 0.4) is 0 Å². The smallest absolute Gasteiger partial charge is 0.462 e. The van der Waals surface area contributed by atoms with Gasteiger partial charge in [-0.15, -0.1) is 0 Å². The van der Waals surface area contributed by atoms with Crippen LogP contribution in [0.2, 0.25) is 0 Å². The zero-order valence-electron chi connectivity index (χ0n) is 61.1. The first-order chi connectivity index (χ1) is 45.5. The first-order valence-corrected chi connectivity index (χ1v) is 42.1. The summed E-state index contributed by atoms with van der Waals surface area (Å²) in [6, 6.07) is 0. The molecule has 94 heavy (non-hydrogen) atoms. The number of esters is 4. The third-order valence-corrected chi connectivity index (χ3v) is 19.4. The molecule has 0 radical (unpaired) electrons. The predicted molar refractivity (Wildman–Crippen MR) is 382 cm³/mol. The number of aliphatic hydroxyl groups is 1. The largest absolute Gasteiger partial charge is 0.472 e. The molecule has 19 heteroatoms. The molecule has 0 fully saturated rings. The van der Waals surface area contributed by atoms with Crippen molar-refractivity contribution in [3.63, 3.8) is 0 Å². The number of ether oxygens (including phenoxy) is 4. The van der Waals surface area contributed by atoms with E-state index < -0.39 is 97.5 Å². The molecule has 0 saturated carbocycles. The van der Waals surface area contributed by atoms with Gasteiger partial charge in [0.2, 0.25) is 0 Å². The molecule has 0 aromatic rings. The lowest BCUT2D eigenvalue weighted by atomic mass is 10.0. The van der Waals surface area contributed by atoms with Crippen molar-refractivity contribution in [3.05, 3.63) is 0 Å². The van der Waals surface area contributed by atoms with Crippen LogP contribution in [0.5, 0.6) is 0 Å². The molecular weight excluding hydrogens is 1230 g/mol. The normalized spacial score (nSPS) is 14.0. The van der Waals surface area contributed by atoms with Gasteiger partial charge in [0.25, 0.3) is 0 Å². The summed E-state index contributed by atoms with van der Waals surface area (Å²) in [5.41, 5.74) is 0. The Labute approximate surface area is 575 Å². The van der Waals surface area contributed by atoms with E-state index in [4.69, 9.17) is 37.0 Å². The van der Waals surface area contributed by atoms with Gasteiger partial charge in [0.05, 0.1) is 26.4 Å². The summed E-state index contributed by atoms with van der Waals surface area (Å²) in [4.78, 5) is 72.7. The minimum atomic E-state index is -4.96. The summed E-state index contributed by atoms with van der Waals surface area (Å²) in [5, 5.41) is 10.6. The van der Waals surface area contributed by atoms with Crippen molar-refractivity contribution in [1.82, 2.24) is 0 Å². The number of carbonyl (C=O) groups is 4. The Morgan fingerprint density at radius 1 is 0.287 bits per heavy atom. The van der Waals surface area contributed by atoms with Crippen molar-refractivity contribution in [2.24, 2.45) is 5.92 Å². The van der Waals surface area contributed by atoms with Gasteiger partial charge in [-0.1, -0.05) is 343 Å². The Morgan fingerprint density at radius 2 is 0.489 bits per heavy atom. The molecular formula is C75H146O17P2. The average molecular weight is 1380 g/mol. The fourth-order valence-corrected chi connectivity index (χ4v) is 13.1. The monoisotopic (exact) mass is 1380 g/mol. The SMILES string of the molecule is CCCCCCCCCCCCCCCCCCCC(=O)O[C@H](COC(=O)CCCCCCCCCCCCCCCC)COP(=O)(O)OC[C@@H](O)COP(=O)(O)OC[C@@H](COC(=O)CCCCCCCCC(C)C)OC(=O)CCCCCCCCCCCCCCCC. The minimum absolute atomic E-state index is 0.107. The second-order valence-corrected chi connectivity index (χ2v) is 30.4. The van der Waals surface area contributed by atoms with Crippen molar-refractivity contribution in [2.45, 2.75) is 412 Å². The van der Waals surface area contributed by atoms with Crippen molar-refractivity contribution in [2.75, 3.05) is 39.6 Å². The summed E-state index contributed by atoms with van der Waals surface area (Å²) in [6.45, 7) is 7.21. The zero-order valence-corrected chi connectivity index (χ0v) is 62.9. The van der Waals surface area contributed by atoms with Gasteiger partial charge in [-0.25, -0.2) is 9.13 Å². The molecule has 0 aromatic heterocycles. The summed E-state index contributed by atoms with van der Waals surface area (Å²) in [7, 11) is -9.91. The van der Waals surface area contributed by atoms with Crippen LogP contribution in [0.4, 0.5) is 0 Å². The number of rotatable bonds is 75. The van der Waals surface area contributed by atoms with Crippen LogP contribution in [-0.2, 0) is 65.4 Å². The van der Waals surface area contributed by atoms with Crippen LogP contribution in [0.15, 0.2) is 0 Å². The van der Waals surface area contributed by atoms with Gasteiger partial charge in [0.15, 0.2) is 12.2 Å². The van der Waals surface area contributed by atoms with E-state index in [1.54, 1.807) is 0 Å². The molecule has 0 amide bonds. The Kier molecular flexibility index (Phi) is 66.8. The van der Waals surface area contributed by atoms with Gasteiger partial charge in [-0.2, -0.15) is 0 Å². The second-order valence-electron chi connectivity index (χ2n) is 27.5. The summed E-state index contributed by atoms with van der Waals surface area (Å²) in [6.07, 6.45) is 56.9. The van der Waals surface area contributed by atoms with Crippen LogP contribution in [-0.4, -0.2) is 96.7 Å². The molecule has 0 aliphatic rings. The van der Waals surface area contributed by atoms with Crippen molar-refractivity contribution < 1.29 is 80.2 Å². The van der Waals surface area contributed by atoms with Crippen LogP contribution >= 0.6 is 15.6 Å². The lowest BCUT2D eigenvalue weighted by molar-refractivity contribution is -0.161. The molecule has 0 heterocycles. The first-order valence-electron chi connectivity index (χ1n) is 39.1. The van der Waals surface area contributed by atoms with Gasteiger partial charge in [-0.3, -0.25) is 37.3 Å². The Hall–Kier alpha value is -1.94. The molecule has 0 saturated heterocycles. The number of phosphoric ester groups is 2. The standard InChI is InChI=1S/C75H146O17P2/c1-6-9-12-15-18-21-24-27-30-31-32-35-38-41-44-51-56-61-74(79)91-70(64-85-72(77)58-53-48-42-39-36-33-28-25-22-19-16-13-10-7-2)66-89-93(81,82)87-62-69(76)63-88-94(83,84)90-67-71(65-86-73(78)59-54-49-46-45-47-52-57-68(4)5)92-75(80)60-55-50-43-40-37-34-29-26-23-20-17-14-11-8-3/h68-71,76H,6-67H2,1-5H3,(H,81,82)(H,83,84)/t69-,70-,71-/m1/s1. The lowest BCUT2D eigenvalue weighted by Gasteiger charge is -2.21. The van der Waals surface area contributed by atoms with Crippen LogP contribution < -0.4 is 0 Å². The number of phosphoric acid groups is 2. The van der Waals surface area contributed by atoms with Crippen LogP contribution in [0.1, 0.15) is 394 Å². The number of carbonyl (C=O) groups excluding carboxylic acids is 4. The van der Waals surface area contributed by atoms with E-state index in [1.807, 2.05) is 0 Å². The Morgan fingerprint density at radius 3 is 0.723 bits per heavy atom. The predicted octanol–water partition coefficient (Wildman–Crippen LogP) is 22.1.